The maximum atomic E-state index is 12.8. The second-order valence-corrected chi connectivity index (χ2v) is 5.31. The van der Waals surface area contributed by atoms with Crippen molar-refractivity contribution in [1.29, 1.82) is 0 Å². The van der Waals surface area contributed by atoms with Gasteiger partial charge >= 0.3 is 0 Å². The molecule has 2 aromatic rings. The third kappa shape index (κ3) is 1.60. The van der Waals surface area contributed by atoms with Gasteiger partial charge in [-0.2, -0.15) is 4.52 Å². The number of aromatic nitrogens is 4. The van der Waals surface area contributed by atoms with Crippen LogP contribution in [0.15, 0.2) is 12.1 Å². The normalized spacial score (nSPS) is 25.9. The van der Waals surface area contributed by atoms with Gasteiger partial charge in [0.1, 0.15) is 5.82 Å². The Labute approximate surface area is 108 Å². The Morgan fingerprint density at radius 2 is 2.11 bits per heavy atom. The molecule has 0 N–H and O–H groups in total. The van der Waals surface area contributed by atoms with Gasteiger partial charge in [-0.05, 0) is 37.3 Å². The summed E-state index contributed by atoms with van der Waals surface area (Å²) < 4.78 is 26.8. The van der Waals surface area contributed by atoms with E-state index in [0.717, 1.165) is 22.8 Å². The highest BCUT2D eigenvalue weighted by atomic mass is 19.3. The molecule has 2 aromatic heterocycles. The molecule has 5 nitrogen and oxygen atoms in total. The summed E-state index contributed by atoms with van der Waals surface area (Å²) in [6.45, 7) is 0.981. The maximum absolute atomic E-state index is 12.8. The fourth-order valence-corrected chi connectivity index (χ4v) is 3.29. The van der Waals surface area contributed by atoms with E-state index < -0.39 is 6.43 Å². The zero-order valence-corrected chi connectivity index (χ0v) is 10.2. The molecule has 0 radical (unpaired) electrons. The quantitative estimate of drug-likeness (QED) is 0.833. The van der Waals surface area contributed by atoms with Crippen LogP contribution in [0.3, 0.4) is 0 Å². The summed E-state index contributed by atoms with van der Waals surface area (Å²) in [6, 6.07) is 4.06. The monoisotopic (exact) mass is 265 g/mol. The summed E-state index contributed by atoms with van der Waals surface area (Å²) in [7, 11) is 0. The van der Waals surface area contributed by atoms with Gasteiger partial charge in [0.15, 0.2) is 5.65 Å². The summed E-state index contributed by atoms with van der Waals surface area (Å²) in [5, 5.41) is 11.5. The van der Waals surface area contributed by atoms with E-state index in [4.69, 9.17) is 0 Å². The molecule has 1 aliphatic heterocycles. The van der Waals surface area contributed by atoms with Crippen LogP contribution >= 0.6 is 0 Å². The van der Waals surface area contributed by atoms with Gasteiger partial charge < -0.3 is 4.90 Å². The maximum Gasteiger partial charge on any atom is 0.299 e. The third-order valence-electron chi connectivity index (χ3n) is 4.17. The van der Waals surface area contributed by atoms with Crippen LogP contribution < -0.4 is 4.90 Å². The second-order valence-electron chi connectivity index (χ2n) is 5.31. The van der Waals surface area contributed by atoms with Crippen molar-refractivity contribution in [2.45, 2.75) is 31.7 Å². The molecular weight excluding hydrogens is 252 g/mol. The number of piperidine rings is 1. The lowest BCUT2D eigenvalue weighted by molar-refractivity contribution is 0.137. The van der Waals surface area contributed by atoms with E-state index in [1.165, 1.54) is 19.3 Å². The van der Waals surface area contributed by atoms with Gasteiger partial charge in [0.2, 0.25) is 5.82 Å². The molecule has 2 aliphatic rings. The van der Waals surface area contributed by atoms with E-state index in [9.17, 15) is 8.78 Å². The van der Waals surface area contributed by atoms with Gasteiger partial charge in [-0.1, -0.05) is 0 Å². The first-order valence-electron chi connectivity index (χ1n) is 6.49. The first kappa shape index (κ1) is 11.1. The van der Waals surface area contributed by atoms with Gasteiger partial charge in [-0.15, -0.1) is 15.3 Å². The number of rotatable bonds is 2. The Morgan fingerprint density at radius 1 is 1.21 bits per heavy atom. The van der Waals surface area contributed by atoms with E-state index in [-0.39, 0.29) is 5.82 Å². The van der Waals surface area contributed by atoms with Crippen molar-refractivity contribution in [3.63, 3.8) is 0 Å². The van der Waals surface area contributed by atoms with Gasteiger partial charge in [0.25, 0.3) is 6.43 Å². The van der Waals surface area contributed by atoms with Crippen LogP contribution in [0.25, 0.3) is 5.65 Å². The minimum atomic E-state index is -2.66. The fourth-order valence-electron chi connectivity index (χ4n) is 3.29. The summed E-state index contributed by atoms with van der Waals surface area (Å²) in [6.07, 6.45) is 0.990. The van der Waals surface area contributed by atoms with Crippen LogP contribution in [0.2, 0.25) is 0 Å². The predicted molar refractivity (Wildman–Crippen MR) is 64.2 cm³/mol. The zero-order chi connectivity index (χ0) is 13.0. The number of halogens is 2. The lowest BCUT2D eigenvalue weighted by atomic mass is 10.1. The topological polar surface area (TPSA) is 46.3 Å². The molecule has 2 atom stereocenters. The molecule has 3 heterocycles. The summed E-state index contributed by atoms with van der Waals surface area (Å²) in [4.78, 5) is 2.23. The summed E-state index contributed by atoms with van der Waals surface area (Å²) in [5.41, 5.74) is 0.364. The minimum Gasteiger partial charge on any atom is -0.352 e. The van der Waals surface area contributed by atoms with Crippen LogP contribution in [0.4, 0.5) is 14.6 Å². The Balaban J connectivity index is 1.77. The average Bonchev–Trinajstić information content (AvgIpc) is 3.12. The van der Waals surface area contributed by atoms with E-state index in [0.29, 0.717) is 11.7 Å². The molecular formula is C12H13F2N5. The van der Waals surface area contributed by atoms with Crippen LogP contribution in [-0.4, -0.2) is 32.4 Å². The number of fused-ring (bicyclic) bond motifs is 3. The smallest absolute Gasteiger partial charge is 0.299 e. The van der Waals surface area contributed by atoms with Crippen molar-refractivity contribution >= 4 is 11.5 Å². The van der Waals surface area contributed by atoms with E-state index >= 15 is 0 Å². The minimum absolute atomic E-state index is 0.364. The largest absolute Gasteiger partial charge is 0.352 e. The number of hydrogen-bond acceptors (Lipinski definition) is 4. The molecule has 1 saturated heterocycles. The van der Waals surface area contributed by atoms with Gasteiger partial charge in [0, 0.05) is 12.6 Å². The molecule has 0 amide bonds. The molecule has 7 heteroatoms. The van der Waals surface area contributed by atoms with Crippen molar-refractivity contribution in [2.75, 3.05) is 11.4 Å². The molecule has 0 aromatic carbocycles. The lowest BCUT2D eigenvalue weighted by Crippen LogP contribution is -2.32. The van der Waals surface area contributed by atoms with Crippen LogP contribution in [0, 0.1) is 5.92 Å². The first-order valence-corrected chi connectivity index (χ1v) is 6.49. The molecule has 19 heavy (non-hydrogen) atoms. The third-order valence-corrected chi connectivity index (χ3v) is 4.17. The molecule has 2 unspecified atom stereocenters. The molecule has 2 bridgehead atoms. The SMILES string of the molecule is FC(F)c1nnc2ccc(N3CC4CCC3C4)nn12. The van der Waals surface area contributed by atoms with E-state index in [2.05, 4.69) is 20.2 Å². The molecule has 100 valence electrons. The van der Waals surface area contributed by atoms with Gasteiger partial charge in [-0.25, -0.2) is 8.78 Å². The van der Waals surface area contributed by atoms with E-state index in [1.807, 2.05) is 6.07 Å². The molecule has 2 fully saturated rings. The molecule has 0 spiro atoms. The highest BCUT2D eigenvalue weighted by Gasteiger charge is 2.38. The van der Waals surface area contributed by atoms with Gasteiger partial charge in [0.05, 0.1) is 0 Å². The summed E-state index contributed by atoms with van der Waals surface area (Å²) >= 11 is 0. The standard InChI is InChI=1S/C12H13F2N5/c13-11(14)12-16-15-9-3-4-10(17-19(9)12)18-6-7-1-2-8(18)5-7/h3-4,7-8,11H,1-2,5-6H2. The summed E-state index contributed by atoms with van der Waals surface area (Å²) in [5.74, 6) is 1.10. The van der Waals surface area contributed by atoms with Crippen LogP contribution in [0.5, 0.6) is 0 Å². The Hall–Kier alpha value is -1.79. The number of anilines is 1. The highest BCUT2D eigenvalue weighted by Crippen LogP contribution is 2.39. The molecule has 1 saturated carbocycles. The first-order chi connectivity index (χ1) is 9.22. The van der Waals surface area contributed by atoms with Crippen molar-refractivity contribution in [1.82, 2.24) is 19.8 Å². The highest BCUT2D eigenvalue weighted by molar-refractivity contribution is 5.48. The average molecular weight is 265 g/mol. The zero-order valence-electron chi connectivity index (χ0n) is 10.2. The van der Waals surface area contributed by atoms with Crippen LogP contribution in [-0.2, 0) is 0 Å². The van der Waals surface area contributed by atoms with Crippen molar-refractivity contribution in [2.24, 2.45) is 5.92 Å². The number of alkyl halides is 2. The van der Waals surface area contributed by atoms with E-state index in [1.54, 1.807) is 6.07 Å². The van der Waals surface area contributed by atoms with Crippen molar-refractivity contribution in [3.8, 4) is 0 Å². The van der Waals surface area contributed by atoms with Gasteiger partial charge in [-0.3, -0.25) is 0 Å². The van der Waals surface area contributed by atoms with Crippen molar-refractivity contribution < 1.29 is 8.78 Å². The lowest BCUT2D eigenvalue weighted by Gasteiger charge is -2.27. The van der Waals surface area contributed by atoms with Crippen molar-refractivity contribution in [3.05, 3.63) is 18.0 Å². The Morgan fingerprint density at radius 3 is 2.79 bits per heavy atom. The fraction of sp³-hybridized carbons (Fsp3) is 0.583. The van der Waals surface area contributed by atoms with Crippen LogP contribution in [0.1, 0.15) is 31.5 Å². The number of hydrogen-bond donors (Lipinski definition) is 0. The molecule has 4 rings (SSSR count). The number of nitrogens with zero attached hydrogens (tertiary/aromatic N) is 5. The Bertz CT molecular complexity index is 626. The Kier molecular flexibility index (Phi) is 2.24. The second kappa shape index (κ2) is 3.85. The molecule has 1 aliphatic carbocycles. The predicted octanol–water partition coefficient (Wildman–Crippen LogP) is 2.05.